The summed E-state index contributed by atoms with van der Waals surface area (Å²) < 4.78 is 1.61. The molecule has 0 bridgehead atoms. The van der Waals surface area contributed by atoms with Gasteiger partial charge in [-0.05, 0) is 24.1 Å². The van der Waals surface area contributed by atoms with Crippen molar-refractivity contribution in [1.82, 2.24) is 20.3 Å². The van der Waals surface area contributed by atoms with Crippen molar-refractivity contribution in [2.45, 2.75) is 26.8 Å². The second-order valence-corrected chi connectivity index (χ2v) is 5.27. The van der Waals surface area contributed by atoms with Crippen LogP contribution in [0.3, 0.4) is 0 Å². The van der Waals surface area contributed by atoms with Gasteiger partial charge < -0.3 is 10.4 Å². The number of hydrogen-bond acceptors (Lipinski definition) is 4. The van der Waals surface area contributed by atoms with Crippen molar-refractivity contribution in [3.63, 3.8) is 0 Å². The van der Waals surface area contributed by atoms with Gasteiger partial charge in [0.05, 0.1) is 17.6 Å². The van der Waals surface area contributed by atoms with Crippen LogP contribution in [-0.2, 0) is 11.3 Å². The second kappa shape index (κ2) is 6.34. The molecule has 0 saturated carbocycles. The van der Waals surface area contributed by atoms with E-state index in [0.717, 1.165) is 5.52 Å². The minimum absolute atomic E-state index is 0.0329. The number of carboxylic acids is 1. The zero-order chi connectivity index (χ0) is 15.4. The zero-order valence-corrected chi connectivity index (χ0v) is 12.0. The Kier molecular flexibility index (Phi) is 4.52. The molecule has 112 valence electrons. The van der Waals surface area contributed by atoms with E-state index >= 15 is 0 Å². The number of rotatable bonds is 6. The molecule has 0 aliphatic heterocycles. The molecule has 0 saturated heterocycles. The number of nitrogens with zero attached hydrogens (tertiary/aromatic N) is 3. The lowest BCUT2D eigenvalue weighted by atomic mass is 10.2. The van der Waals surface area contributed by atoms with Gasteiger partial charge in [0.2, 0.25) is 5.91 Å². The molecule has 2 rings (SSSR count). The van der Waals surface area contributed by atoms with Crippen LogP contribution in [0.4, 0.5) is 0 Å². The minimum Gasteiger partial charge on any atom is -0.478 e. The highest BCUT2D eigenvalue weighted by atomic mass is 16.4. The van der Waals surface area contributed by atoms with E-state index in [2.05, 4.69) is 15.6 Å². The van der Waals surface area contributed by atoms with E-state index < -0.39 is 5.97 Å². The molecular weight excluding hydrogens is 272 g/mol. The number of aromatic carboxylic acids is 1. The highest BCUT2D eigenvalue weighted by molar-refractivity contribution is 5.92. The first kappa shape index (κ1) is 15.0. The van der Waals surface area contributed by atoms with Crippen LogP contribution in [0, 0.1) is 5.92 Å². The number of carboxylic acid groups (broad SMARTS) is 1. The molecule has 1 amide bonds. The van der Waals surface area contributed by atoms with Gasteiger partial charge in [-0.2, -0.15) is 0 Å². The molecule has 0 fully saturated rings. The van der Waals surface area contributed by atoms with Gasteiger partial charge in [-0.15, -0.1) is 5.10 Å². The van der Waals surface area contributed by atoms with Crippen LogP contribution in [0.1, 0.15) is 30.6 Å². The number of hydrogen-bond donors (Lipinski definition) is 2. The average Bonchev–Trinajstić information content (AvgIpc) is 2.85. The van der Waals surface area contributed by atoms with Gasteiger partial charge in [-0.25, -0.2) is 9.48 Å². The van der Waals surface area contributed by atoms with E-state index in [4.69, 9.17) is 5.11 Å². The van der Waals surface area contributed by atoms with Crippen LogP contribution >= 0.6 is 0 Å². The summed E-state index contributed by atoms with van der Waals surface area (Å²) in [6, 6.07) is 4.63. The van der Waals surface area contributed by atoms with Crippen molar-refractivity contribution >= 4 is 22.9 Å². The highest BCUT2D eigenvalue weighted by Crippen LogP contribution is 2.13. The fourth-order valence-electron chi connectivity index (χ4n) is 1.88. The molecule has 0 aliphatic carbocycles. The topological polar surface area (TPSA) is 97.1 Å². The smallest absolute Gasteiger partial charge is 0.335 e. The first-order chi connectivity index (χ1) is 9.97. The number of benzene rings is 1. The predicted molar refractivity (Wildman–Crippen MR) is 77.0 cm³/mol. The Morgan fingerprint density at radius 3 is 2.81 bits per heavy atom. The molecule has 21 heavy (non-hydrogen) atoms. The van der Waals surface area contributed by atoms with Crippen LogP contribution in [0.15, 0.2) is 18.2 Å². The fourth-order valence-corrected chi connectivity index (χ4v) is 1.88. The summed E-state index contributed by atoms with van der Waals surface area (Å²) in [5.74, 6) is -0.621. The summed E-state index contributed by atoms with van der Waals surface area (Å²) >= 11 is 0. The molecule has 1 aromatic heterocycles. The third-order valence-corrected chi connectivity index (χ3v) is 3.02. The summed E-state index contributed by atoms with van der Waals surface area (Å²) in [5.41, 5.74) is 1.40. The number of carbonyl (C=O) groups is 2. The number of carbonyl (C=O) groups excluding carboxylic acids is 1. The number of fused-ring (bicyclic) bond motifs is 1. The maximum Gasteiger partial charge on any atom is 0.335 e. The van der Waals surface area contributed by atoms with Gasteiger partial charge in [0, 0.05) is 13.0 Å². The Bertz CT molecular complexity index is 663. The molecular formula is C14H18N4O3. The average molecular weight is 290 g/mol. The van der Waals surface area contributed by atoms with Crippen LogP contribution in [0.2, 0.25) is 0 Å². The van der Waals surface area contributed by atoms with Crippen LogP contribution in [-0.4, -0.2) is 38.5 Å². The molecule has 0 atom stereocenters. The molecule has 0 spiro atoms. The van der Waals surface area contributed by atoms with E-state index in [1.54, 1.807) is 10.7 Å². The maximum atomic E-state index is 11.7. The van der Waals surface area contributed by atoms with Gasteiger partial charge >= 0.3 is 5.97 Å². The van der Waals surface area contributed by atoms with Crippen molar-refractivity contribution in [1.29, 1.82) is 0 Å². The third kappa shape index (κ3) is 3.77. The predicted octanol–water partition coefficient (Wildman–Crippen LogP) is 1.29. The summed E-state index contributed by atoms with van der Waals surface area (Å²) in [6.45, 7) is 5.13. The molecule has 0 aliphatic rings. The van der Waals surface area contributed by atoms with Crippen molar-refractivity contribution in [2.75, 3.05) is 6.54 Å². The Morgan fingerprint density at radius 2 is 2.14 bits per heavy atom. The molecule has 2 N–H and O–H groups in total. The van der Waals surface area contributed by atoms with Crippen molar-refractivity contribution in [3.8, 4) is 0 Å². The third-order valence-electron chi connectivity index (χ3n) is 3.02. The summed E-state index contributed by atoms with van der Waals surface area (Å²) in [6.07, 6.45) is 0.311. The fraction of sp³-hybridized carbons (Fsp3) is 0.429. The SMILES string of the molecule is CC(C)CNC(=O)CCn1nnc2cc(C(=O)O)ccc21. The van der Waals surface area contributed by atoms with E-state index in [0.29, 0.717) is 30.9 Å². The highest BCUT2D eigenvalue weighted by Gasteiger charge is 2.10. The number of nitrogens with one attached hydrogen (secondary N) is 1. The zero-order valence-electron chi connectivity index (χ0n) is 12.0. The Balaban J connectivity index is 2.03. The molecule has 7 nitrogen and oxygen atoms in total. The maximum absolute atomic E-state index is 11.7. The van der Waals surface area contributed by atoms with Crippen molar-refractivity contribution in [3.05, 3.63) is 23.8 Å². The van der Waals surface area contributed by atoms with E-state index in [9.17, 15) is 9.59 Å². The van der Waals surface area contributed by atoms with Crippen LogP contribution in [0.25, 0.3) is 11.0 Å². The monoisotopic (exact) mass is 290 g/mol. The summed E-state index contributed by atoms with van der Waals surface area (Å²) in [4.78, 5) is 22.6. The van der Waals surface area contributed by atoms with E-state index in [1.807, 2.05) is 13.8 Å². The lowest BCUT2D eigenvalue weighted by Gasteiger charge is -2.07. The molecule has 0 unspecified atom stereocenters. The molecule has 7 heteroatoms. The normalized spacial score (nSPS) is 11.0. The minimum atomic E-state index is -1.00. The Labute approximate surface area is 121 Å². The number of amides is 1. The van der Waals surface area contributed by atoms with Crippen LogP contribution < -0.4 is 5.32 Å². The molecule has 1 aromatic carbocycles. The van der Waals surface area contributed by atoms with Gasteiger partial charge in [0.25, 0.3) is 0 Å². The van der Waals surface area contributed by atoms with E-state index in [1.165, 1.54) is 12.1 Å². The molecule has 0 radical (unpaired) electrons. The van der Waals surface area contributed by atoms with Crippen molar-refractivity contribution in [2.24, 2.45) is 5.92 Å². The van der Waals surface area contributed by atoms with Gasteiger partial charge in [0.1, 0.15) is 5.52 Å². The summed E-state index contributed by atoms with van der Waals surface area (Å²) in [5, 5.41) is 19.7. The van der Waals surface area contributed by atoms with Crippen molar-refractivity contribution < 1.29 is 14.7 Å². The largest absolute Gasteiger partial charge is 0.478 e. The lowest BCUT2D eigenvalue weighted by Crippen LogP contribution is -2.28. The number of aromatic nitrogens is 3. The van der Waals surface area contributed by atoms with Gasteiger partial charge in [-0.1, -0.05) is 19.1 Å². The van der Waals surface area contributed by atoms with Crippen LogP contribution in [0.5, 0.6) is 0 Å². The number of aryl methyl sites for hydroxylation is 1. The van der Waals surface area contributed by atoms with E-state index in [-0.39, 0.29) is 11.5 Å². The quantitative estimate of drug-likeness (QED) is 0.835. The first-order valence-corrected chi connectivity index (χ1v) is 6.80. The standard InChI is InChI=1S/C14H18N4O3/c1-9(2)8-15-13(19)5-6-18-12-4-3-10(14(20)21)7-11(12)16-17-18/h3-4,7,9H,5-6,8H2,1-2H3,(H,15,19)(H,20,21). The first-order valence-electron chi connectivity index (χ1n) is 6.80. The second-order valence-electron chi connectivity index (χ2n) is 5.27. The molecule has 1 heterocycles. The van der Waals surface area contributed by atoms with Gasteiger partial charge in [-0.3, -0.25) is 4.79 Å². The summed E-state index contributed by atoms with van der Waals surface area (Å²) in [7, 11) is 0. The Hall–Kier alpha value is -2.44. The lowest BCUT2D eigenvalue weighted by molar-refractivity contribution is -0.121. The Morgan fingerprint density at radius 1 is 1.38 bits per heavy atom. The molecule has 2 aromatic rings. The van der Waals surface area contributed by atoms with Gasteiger partial charge in [0.15, 0.2) is 0 Å².